The van der Waals surface area contributed by atoms with Crippen molar-refractivity contribution < 1.29 is 0 Å². The highest BCUT2D eigenvalue weighted by Crippen LogP contribution is 2.34. The highest BCUT2D eigenvalue weighted by Gasteiger charge is 2.24. The highest BCUT2D eigenvalue weighted by molar-refractivity contribution is 6.85. The Kier molecular flexibility index (Phi) is 6.06. The zero-order valence-corrected chi connectivity index (χ0v) is 26.0. The van der Waals surface area contributed by atoms with Crippen molar-refractivity contribution in [2.45, 2.75) is 34.5 Å². The summed E-state index contributed by atoms with van der Waals surface area (Å²) in [5.41, 5.74) is 15.6. The molecule has 0 spiro atoms. The molecule has 2 nitrogen and oxygen atoms in total. The van der Waals surface area contributed by atoms with Crippen molar-refractivity contribution in [1.29, 1.82) is 0 Å². The third-order valence-electron chi connectivity index (χ3n) is 9.70. The van der Waals surface area contributed by atoms with Crippen LogP contribution in [0.1, 0.15) is 22.3 Å². The van der Waals surface area contributed by atoms with E-state index in [9.17, 15) is 0 Å². The first-order valence-electron chi connectivity index (χ1n) is 15.6. The lowest BCUT2D eigenvalue weighted by atomic mass is 9.39. The zero-order chi connectivity index (χ0) is 30.1. The van der Waals surface area contributed by atoms with Crippen LogP contribution < -0.4 is 10.9 Å². The molecule has 0 saturated carbocycles. The number of nitrogens with zero attached hydrogens (tertiary/aromatic N) is 2. The molecule has 44 heavy (non-hydrogen) atoms. The predicted molar refractivity (Wildman–Crippen MR) is 191 cm³/mol. The average molecular weight is 567 g/mol. The lowest BCUT2D eigenvalue weighted by molar-refractivity contribution is 1.16. The fraction of sp³-hybridized carbons (Fsp3) is 0.122. The second-order valence-corrected chi connectivity index (χ2v) is 12.4. The van der Waals surface area contributed by atoms with Gasteiger partial charge < -0.3 is 9.13 Å². The Morgan fingerprint density at radius 3 is 0.909 bits per heavy atom. The quantitative estimate of drug-likeness (QED) is 0.188. The fourth-order valence-corrected chi connectivity index (χ4v) is 8.07. The Balaban J connectivity index is 1.25. The average Bonchev–Trinajstić information content (AvgIpc) is 3.53. The normalized spacial score (nSPS) is 11.8. The van der Waals surface area contributed by atoms with Crippen molar-refractivity contribution in [1.82, 2.24) is 9.13 Å². The van der Waals surface area contributed by atoms with Gasteiger partial charge in [0.2, 0.25) is 6.71 Å². The van der Waals surface area contributed by atoms with Gasteiger partial charge in [-0.2, -0.15) is 0 Å². The molecule has 0 bridgehead atoms. The lowest BCUT2D eigenvalue weighted by Crippen LogP contribution is -2.45. The van der Waals surface area contributed by atoms with Gasteiger partial charge in [-0.15, -0.1) is 0 Å². The van der Waals surface area contributed by atoms with E-state index in [2.05, 4.69) is 165 Å². The third-order valence-corrected chi connectivity index (χ3v) is 9.70. The molecule has 0 N–H and O–H groups in total. The molecular formula is C41H35BN2. The standard InChI is InChI=1S/C41H35BN2/c1-26-22-30(43-36-18-10-6-14-32(36)33-15-7-11-19-37(33)43)23-27(2)40(26)42(5)41-28(3)24-31(25-29(41)4)44-38-20-12-8-16-34(38)35-17-9-13-21-39(35)44/h6-25H,1-5H3. The molecule has 0 saturated heterocycles. The molecule has 0 aliphatic carbocycles. The molecule has 3 heteroatoms. The summed E-state index contributed by atoms with van der Waals surface area (Å²) in [4.78, 5) is 0. The second-order valence-electron chi connectivity index (χ2n) is 12.4. The molecule has 2 heterocycles. The van der Waals surface area contributed by atoms with Crippen LogP contribution in [0.4, 0.5) is 0 Å². The number of aromatic nitrogens is 2. The van der Waals surface area contributed by atoms with Crippen LogP contribution in [0.3, 0.4) is 0 Å². The Morgan fingerprint density at radius 1 is 0.386 bits per heavy atom. The number of aryl methyl sites for hydroxylation is 4. The number of rotatable bonds is 4. The van der Waals surface area contributed by atoms with Gasteiger partial charge in [0.15, 0.2) is 0 Å². The maximum absolute atomic E-state index is 2.43. The lowest BCUT2D eigenvalue weighted by Gasteiger charge is -2.22. The Morgan fingerprint density at radius 2 is 0.636 bits per heavy atom. The number of hydrogen-bond acceptors (Lipinski definition) is 0. The Labute approximate surface area is 259 Å². The van der Waals surface area contributed by atoms with Crippen LogP contribution in [-0.4, -0.2) is 15.8 Å². The van der Waals surface area contributed by atoms with Crippen LogP contribution in [0, 0.1) is 27.7 Å². The van der Waals surface area contributed by atoms with E-state index in [0.29, 0.717) is 0 Å². The summed E-state index contributed by atoms with van der Waals surface area (Å²) >= 11 is 0. The zero-order valence-electron chi connectivity index (χ0n) is 26.0. The summed E-state index contributed by atoms with van der Waals surface area (Å²) < 4.78 is 4.85. The SMILES string of the molecule is CB(c1c(C)cc(-n2c3ccccc3c3ccccc32)cc1C)c1c(C)cc(-n2c3ccccc3c3ccccc32)cc1C. The van der Waals surface area contributed by atoms with E-state index in [1.165, 1.54) is 88.2 Å². The molecule has 212 valence electrons. The van der Waals surface area contributed by atoms with Crippen molar-refractivity contribution in [2.24, 2.45) is 0 Å². The molecular weight excluding hydrogens is 531 g/mol. The van der Waals surface area contributed by atoms with Crippen molar-refractivity contribution in [3.05, 3.63) is 144 Å². The van der Waals surface area contributed by atoms with Gasteiger partial charge in [0.25, 0.3) is 0 Å². The fourth-order valence-electron chi connectivity index (χ4n) is 8.07. The van der Waals surface area contributed by atoms with E-state index in [0.717, 1.165) is 0 Å². The van der Waals surface area contributed by atoms with Crippen LogP contribution in [-0.2, 0) is 0 Å². The van der Waals surface area contributed by atoms with E-state index < -0.39 is 0 Å². The van der Waals surface area contributed by atoms with Gasteiger partial charge in [-0.3, -0.25) is 0 Å². The van der Waals surface area contributed by atoms with E-state index in [1.807, 2.05) is 0 Å². The minimum Gasteiger partial charge on any atom is -0.309 e. The van der Waals surface area contributed by atoms with Crippen LogP contribution in [0.2, 0.25) is 6.82 Å². The van der Waals surface area contributed by atoms with Crippen molar-refractivity contribution in [3.63, 3.8) is 0 Å². The van der Waals surface area contributed by atoms with Crippen molar-refractivity contribution in [2.75, 3.05) is 0 Å². The van der Waals surface area contributed by atoms with Gasteiger partial charge in [0.1, 0.15) is 0 Å². The molecule has 2 aromatic heterocycles. The topological polar surface area (TPSA) is 9.86 Å². The first-order valence-corrected chi connectivity index (χ1v) is 15.6. The van der Waals surface area contributed by atoms with Gasteiger partial charge >= 0.3 is 0 Å². The molecule has 0 atom stereocenters. The maximum atomic E-state index is 2.43. The second kappa shape index (κ2) is 10.0. The van der Waals surface area contributed by atoms with Gasteiger partial charge in [-0.25, -0.2) is 0 Å². The van der Waals surface area contributed by atoms with Crippen LogP contribution in [0.15, 0.2) is 121 Å². The van der Waals surface area contributed by atoms with Gasteiger partial charge in [0.05, 0.1) is 22.1 Å². The highest BCUT2D eigenvalue weighted by atomic mass is 15.0. The van der Waals surface area contributed by atoms with Crippen LogP contribution in [0.25, 0.3) is 55.0 Å². The molecule has 8 rings (SSSR count). The maximum Gasteiger partial charge on any atom is 0.207 e. The Bertz CT molecular complexity index is 2080. The predicted octanol–water partition coefficient (Wildman–Crippen LogP) is 9.35. The first kappa shape index (κ1) is 26.6. The van der Waals surface area contributed by atoms with Gasteiger partial charge in [-0.05, 0) is 76.2 Å². The van der Waals surface area contributed by atoms with E-state index >= 15 is 0 Å². The minimum atomic E-state index is 0.273. The summed E-state index contributed by atoms with van der Waals surface area (Å²) in [5, 5.41) is 5.19. The molecule has 8 aromatic rings. The molecule has 0 radical (unpaired) electrons. The van der Waals surface area contributed by atoms with Crippen molar-refractivity contribution >= 4 is 61.3 Å². The molecule has 0 unspecified atom stereocenters. The number of para-hydroxylation sites is 4. The molecule has 0 aliphatic heterocycles. The van der Waals surface area contributed by atoms with Gasteiger partial charge in [-0.1, -0.05) is 113 Å². The molecule has 0 fully saturated rings. The first-order chi connectivity index (χ1) is 21.4. The monoisotopic (exact) mass is 566 g/mol. The van der Waals surface area contributed by atoms with Gasteiger partial charge in [0, 0.05) is 32.9 Å². The van der Waals surface area contributed by atoms with E-state index in [4.69, 9.17) is 0 Å². The largest absolute Gasteiger partial charge is 0.309 e. The summed E-state index contributed by atoms with van der Waals surface area (Å²) in [6.07, 6.45) is 0. The van der Waals surface area contributed by atoms with Crippen LogP contribution in [0.5, 0.6) is 0 Å². The summed E-state index contributed by atoms with van der Waals surface area (Å²) in [5.74, 6) is 0. The number of fused-ring (bicyclic) bond motifs is 6. The van der Waals surface area contributed by atoms with E-state index in [1.54, 1.807) is 0 Å². The van der Waals surface area contributed by atoms with Crippen LogP contribution >= 0.6 is 0 Å². The third kappa shape index (κ3) is 3.89. The molecule has 0 amide bonds. The summed E-state index contributed by atoms with van der Waals surface area (Å²) in [6.45, 7) is 11.8. The van der Waals surface area contributed by atoms with E-state index in [-0.39, 0.29) is 6.71 Å². The summed E-state index contributed by atoms with van der Waals surface area (Å²) in [6, 6.07) is 44.5. The van der Waals surface area contributed by atoms with Crippen molar-refractivity contribution in [3.8, 4) is 11.4 Å². The molecule has 6 aromatic carbocycles. The summed E-state index contributed by atoms with van der Waals surface area (Å²) in [7, 11) is 0. The number of hydrogen-bond donors (Lipinski definition) is 0. The number of benzene rings is 6. The Hall–Kier alpha value is -5.02. The minimum absolute atomic E-state index is 0.273. The molecule has 0 aliphatic rings. The smallest absolute Gasteiger partial charge is 0.207 e.